The van der Waals surface area contributed by atoms with Gasteiger partial charge in [-0.15, -0.1) is 0 Å². The lowest BCUT2D eigenvalue weighted by atomic mass is 10.0. The quantitative estimate of drug-likeness (QED) is 0.447. The molecule has 1 heterocycles. The van der Waals surface area contributed by atoms with Crippen LogP contribution < -0.4 is 10.3 Å². The molecule has 0 spiro atoms. The van der Waals surface area contributed by atoms with Gasteiger partial charge in [0, 0.05) is 24.2 Å². The lowest BCUT2D eigenvalue weighted by molar-refractivity contribution is -0.136. The van der Waals surface area contributed by atoms with E-state index in [1.807, 2.05) is 36.4 Å². The summed E-state index contributed by atoms with van der Waals surface area (Å²) in [5.41, 5.74) is 0.187. The summed E-state index contributed by atoms with van der Waals surface area (Å²) in [5.74, 6) is 0. The molecule has 1 aromatic heterocycles. The SMILES string of the molecule is Cn1c(=O)cc(C(F)(F)F)c2cc(S(=O)(=O)Nc3cccc(Cc4ccccc4)c3)ccc21. The highest BCUT2D eigenvalue weighted by molar-refractivity contribution is 7.92. The highest BCUT2D eigenvalue weighted by Gasteiger charge is 2.34. The molecule has 4 rings (SSSR count). The van der Waals surface area contributed by atoms with Gasteiger partial charge in [-0.1, -0.05) is 42.5 Å². The van der Waals surface area contributed by atoms with E-state index in [1.165, 1.54) is 19.2 Å². The molecule has 0 fully saturated rings. The summed E-state index contributed by atoms with van der Waals surface area (Å²) >= 11 is 0. The van der Waals surface area contributed by atoms with Crippen LogP contribution in [0.4, 0.5) is 18.9 Å². The zero-order valence-electron chi connectivity index (χ0n) is 17.4. The molecule has 9 heteroatoms. The Hall–Kier alpha value is -3.59. The fourth-order valence-corrected chi connectivity index (χ4v) is 4.71. The van der Waals surface area contributed by atoms with Crippen molar-refractivity contribution in [3.63, 3.8) is 0 Å². The number of nitrogens with zero attached hydrogens (tertiary/aromatic N) is 1. The van der Waals surface area contributed by atoms with E-state index in [-0.39, 0.29) is 15.8 Å². The normalized spacial score (nSPS) is 12.1. The second kappa shape index (κ2) is 8.40. The van der Waals surface area contributed by atoms with Crippen molar-refractivity contribution in [1.29, 1.82) is 0 Å². The zero-order chi connectivity index (χ0) is 23.8. The Kier molecular flexibility index (Phi) is 5.75. The van der Waals surface area contributed by atoms with Crippen LogP contribution in [0.15, 0.2) is 88.6 Å². The summed E-state index contributed by atoms with van der Waals surface area (Å²) in [7, 11) is -2.86. The van der Waals surface area contributed by atoms with Gasteiger partial charge in [0.05, 0.1) is 16.0 Å². The molecule has 0 saturated heterocycles. The molecular formula is C24H19F3N2O3S. The van der Waals surface area contributed by atoms with Crippen LogP contribution in [0, 0.1) is 0 Å². The minimum Gasteiger partial charge on any atom is -0.311 e. The lowest BCUT2D eigenvalue weighted by Crippen LogP contribution is -2.21. The van der Waals surface area contributed by atoms with Crippen molar-refractivity contribution in [3.05, 3.63) is 106 Å². The number of pyridine rings is 1. The summed E-state index contributed by atoms with van der Waals surface area (Å²) < 4.78 is 70.0. The highest BCUT2D eigenvalue weighted by Crippen LogP contribution is 2.34. The number of alkyl halides is 3. The zero-order valence-corrected chi connectivity index (χ0v) is 18.2. The maximum atomic E-state index is 13.5. The van der Waals surface area contributed by atoms with E-state index in [1.54, 1.807) is 18.2 Å². The maximum Gasteiger partial charge on any atom is 0.417 e. The van der Waals surface area contributed by atoms with Gasteiger partial charge >= 0.3 is 6.18 Å². The number of aromatic nitrogens is 1. The van der Waals surface area contributed by atoms with E-state index in [0.29, 0.717) is 18.2 Å². The molecule has 0 saturated carbocycles. The lowest BCUT2D eigenvalue weighted by Gasteiger charge is -2.15. The Morgan fingerprint density at radius 3 is 2.27 bits per heavy atom. The van der Waals surface area contributed by atoms with Crippen LogP contribution in [0.2, 0.25) is 0 Å². The van der Waals surface area contributed by atoms with E-state index >= 15 is 0 Å². The molecule has 0 aliphatic carbocycles. The van der Waals surface area contributed by atoms with Gasteiger partial charge in [0.1, 0.15) is 0 Å². The number of aryl methyl sites for hydroxylation is 1. The van der Waals surface area contributed by atoms with Crippen LogP contribution in [0.25, 0.3) is 10.9 Å². The third-order valence-electron chi connectivity index (χ3n) is 5.26. The van der Waals surface area contributed by atoms with Crippen LogP contribution in [0.3, 0.4) is 0 Å². The number of hydrogen-bond acceptors (Lipinski definition) is 3. The number of anilines is 1. The number of hydrogen-bond donors (Lipinski definition) is 1. The van der Waals surface area contributed by atoms with Gasteiger partial charge in [-0.25, -0.2) is 8.42 Å². The van der Waals surface area contributed by atoms with Crippen molar-refractivity contribution in [2.75, 3.05) is 4.72 Å². The molecule has 0 amide bonds. The Labute approximate surface area is 188 Å². The number of benzene rings is 3. The molecule has 0 atom stereocenters. The second-order valence-corrected chi connectivity index (χ2v) is 9.28. The Morgan fingerprint density at radius 2 is 1.58 bits per heavy atom. The van der Waals surface area contributed by atoms with Gasteiger partial charge in [0.15, 0.2) is 0 Å². The fraction of sp³-hybridized carbons (Fsp3) is 0.125. The number of sulfonamides is 1. The third-order valence-corrected chi connectivity index (χ3v) is 6.64. The second-order valence-electron chi connectivity index (χ2n) is 7.60. The number of rotatable bonds is 5. The predicted molar refractivity (Wildman–Crippen MR) is 121 cm³/mol. The van der Waals surface area contributed by atoms with Crippen LogP contribution in [-0.2, 0) is 29.7 Å². The Balaban J connectivity index is 1.71. The summed E-state index contributed by atoms with van der Waals surface area (Å²) in [4.78, 5) is 11.6. The van der Waals surface area contributed by atoms with Crippen molar-refractivity contribution in [3.8, 4) is 0 Å². The monoisotopic (exact) mass is 472 g/mol. The largest absolute Gasteiger partial charge is 0.417 e. The van der Waals surface area contributed by atoms with E-state index in [9.17, 15) is 26.4 Å². The van der Waals surface area contributed by atoms with Gasteiger partial charge in [-0.05, 0) is 47.9 Å². The van der Waals surface area contributed by atoms with Gasteiger partial charge in [-0.3, -0.25) is 9.52 Å². The molecule has 0 radical (unpaired) electrons. The highest BCUT2D eigenvalue weighted by atomic mass is 32.2. The van der Waals surface area contributed by atoms with Gasteiger partial charge in [-0.2, -0.15) is 13.2 Å². The first-order valence-electron chi connectivity index (χ1n) is 9.91. The van der Waals surface area contributed by atoms with Gasteiger partial charge in [0.2, 0.25) is 0 Å². The van der Waals surface area contributed by atoms with Crippen molar-refractivity contribution in [2.24, 2.45) is 7.05 Å². The molecule has 0 aliphatic heterocycles. The van der Waals surface area contributed by atoms with Crippen LogP contribution >= 0.6 is 0 Å². The van der Waals surface area contributed by atoms with Crippen LogP contribution in [-0.4, -0.2) is 13.0 Å². The molecule has 3 aromatic carbocycles. The Morgan fingerprint density at radius 1 is 0.879 bits per heavy atom. The molecule has 0 aliphatic rings. The third kappa shape index (κ3) is 4.78. The molecule has 0 bridgehead atoms. The van der Waals surface area contributed by atoms with E-state index in [4.69, 9.17) is 0 Å². The fourth-order valence-electron chi connectivity index (χ4n) is 3.63. The summed E-state index contributed by atoms with van der Waals surface area (Å²) in [6.45, 7) is 0. The van der Waals surface area contributed by atoms with Crippen LogP contribution in [0.1, 0.15) is 16.7 Å². The predicted octanol–water partition coefficient (Wildman–Crippen LogP) is 4.95. The average Bonchev–Trinajstić information content (AvgIpc) is 2.76. The summed E-state index contributed by atoms with van der Waals surface area (Å²) in [6.07, 6.45) is -4.22. The van der Waals surface area contributed by atoms with Gasteiger partial charge in [0.25, 0.3) is 15.6 Å². The average molecular weight is 472 g/mol. The summed E-state index contributed by atoms with van der Waals surface area (Å²) in [5, 5.41) is -0.370. The standard InChI is InChI=1S/C24H19F3N2O3S/c1-29-22-11-10-19(14-20(22)21(15-23(29)30)24(25,26)27)33(31,32)28-18-9-5-8-17(13-18)12-16-6-3-2-4-7-16/h2-11,13-15,28H,12H2,1H3. The molecular weight excluding hydrogens is 453 g/mol. The van der Waals surface area contributed by atoms with Crippen molar-refractivity contribution in [2.45, 2.75) is 17.5 Å². The smallest absolute Gasteiger partial charge is 0.311 e. The minimum atomic E-state index is -4.81. The maximum absolute atomic E-state index is 13.5. The van der Waals surface area contributed by atoms with E-state index < -0.39 is 27.3 Å². The van der Waals surface area contributed by atoms with Crippen molar-refractivity contribution < 1.29 is 21.6 Å². The molecule has 4 aromatic rings. The van der Waals surface area contributed by atoms with Crippen molar-refractivity contribution in [1.82, 2.24) is 4.57 Å². The first kappa shape index (κ1) is 22.6. The Bertz CT molecular complexity index is 1500. The van der Waals surface area contributed by atoms with Gasteiger partial charge < -0.3 is 4.57 Å². The van der Waals surface area contributed by atoms with Crippen molar-refractivity contribution >= 4 is 26.6 Å². The molecule has 170 valence electrons. The minimum absolute atomic E-state index is 0.0152. The van der Waals surface area contributed by atoms with E-state index in [2.05, 4.69) is 4.72 Å². The summed E-state index contributed by atoms with van der Waals surface area (Å²) in [6, 6.07) is 20.2. The number of halogens is 3. The first-order chi connectivity index (χ1) is 15.5. The topological polar surface area (TPSA) is 68.2 Å². The van der Waals surface area contributed by atoms with E-state index in [0.717, 1.165) is 21.8 Å². The number of fused-ring (bicyclic) bond motifs is 1. The first-order valence-corrected chi connectivity index (χ1v) is 11.4. The number of nitrogens with one attached hydrogen (secondary N) is 1. The molecule has 5 nitrogen and oxygen atoms in total. The van der Waals surface area contributed by atoms with Crippen LogP contribution in [0.5, 0.6) is 0 Å². The molecule has 1 N–H and O–H groups in total. The molecule has 0 unspecified atom stereocenters. The molecule has 33 heavy (non-hydrogen) atoms.